The van der Waals surface area contributed by atoms with Crippen molar-refractivity contribution < 1.29 is 8.78 Å². The largest absolute Gasteiger partial charge is 0.383 e. The van der Waals surface area contributed by atoms with Crippen LogP contribution in [0.2, 0.25) is 0 Å². The van der Waals surface area contributed by atoms with Crippen molar-refractivity contribution in [2.24, 2.45) is 0 Å². The summed E-state index contributed by atoms with van der Waals surface area (Å²) >= 11 is 0. The Balaban J connectivity index is 1.32. The van der Waals surface area contributed by atoms with Crippen LogP contribution in [0.25, 0.3) is 16.9 Å². The monoisotopic (exact) mass is 589 g/mol. The molecule has 2 saturated heterocycles. The van der Waals surface area contributed by atoms with Gasteiger partial charge in [0.05, 0.1) is 5.69 Å². The van der Waals surface area contributed by atoms with E-state index in [0.29, 0.717) is 35.7 Å². The number of nitrogen functional groups attached to an aromatic ring is 1. The van der Waals surface area contributed by atoms with E-state index in [1.54, 1.807) is 10.6 Å². The van der Waals surface area contributed by atoms with E-state index in [0.717, 1.165) is 81.4 Å². The van der Waals surface area contributed by atoms with Crippen LogP contribution in [0.15, 0.2) is 36.4 Å². The van der Waals surface area contributed by atoms with Gasteiger partial charge in [0, 0.05) is 48.8 Å². The van der Waals surface area contributed by atoms with Crippen molar-refractivity contribution in [3.63, 3.8) is 0 Å². The van der Waals surface area contributed by atoms with Crippen LogP contribution in [0.5, 0.6) is 0 Å². The standard InChI is InChI=1S/C32H41F2N9/c1-4-6-21-8-11-28(38-30(21)35)36-24-7-5-14-42(19-24)32-37-27(25-10-9-23(33)17-26(25)34)18-29-39-31(40-43(29)32)22-12-15-41(16-13-22)20(2)3/h8-11,17-18,20,22,24H,4-7,12-16,19H2,1-3H3,(H3,35,36,38). The Bertz CT molecular complexity index is 1580. The molecule has 5 heterocycles. The highest BCUT2D eigenvalue weighted by Crippen LogP contribution is 2.31. The van der Waals surface area contributed by atoms with E-state index in [1.165, 1.54) is 12.1 Å². The number of benzene rings is 1. The number of hydrogen-bond acceptors (Lipinski definition) is 8. The molecule has 0 saturated carbocycles. The summed E-state index contributed by atoms with van der Waals surface area (Å²) in [6.45, 7) is 10.0. The second kappa shape index (κ2) is 12.4. The topological polar surface area (TPSA) is 100 Å². The zero-order chi connectivity index (χ0) is 30.1. The van der Waals surface area contributed by atoms with Crippen molar-refractivity contribution in [2.45, 2.75) is 77.3 Å². The lowest BCUT2D eigenvalue weighted by atomic mass is 9.95. The summed E-state index contributed by atoms with van der Waals surface area (Å²) < 4.78 is 30.5. The molecular formula is C32H41F2N9. The molecule has 4 aromatic rings. The van der Waals surface area contributed by atoms with E-state index in [2.05, 4.69) is 40.9 Å². The number of likely N-dealkylation sites (tertiary alicyclic amines) is 1. The van der Waals surface area contributed by atoms with Gasteiger partial charge in [0.25, 0.3) is 0 Å². The molecule has 43 heavy (non-hydrogen) atoms. The summed E-state index contributed by atoms with van der Waals surface area (Å²) in [5, 5.41) is 8.54. The summed E-state index contributed by atoms with van der Waals surface area (Å²) in [6.07, 6.45) is 5.77. The Hall–Kier alpha value is -3.86. The Labute approximate surface area is 251 Å². The van der Waals surface area contributed by atoms with Crippen LogP contribution in [-0.4, -0.2) is 67.7 Å². The highest BCUT2D eigenvalue weighted by Gasteiger charge is 2.29. The molecule has 228 valence electrons. The molecule has 2 aliphatic rings. The lowest BCUT2D eigenvalue weighted by Crippen LogP contribution is -2.43. The zero-order valence-electron chi connectivity index (χ0n) is 25.2. The predicted molar refractivity (Wildman–Crippen MR) is 166 cm³/mol. The van der Waals surface area contributed by atoms with Crippen molar-refractivity contribution in [3.8, 4) is 11.3 Å². The fraction of sp³-hybridized carbons (Fsp3) is 0.500. The molecule has 2 fully saturated rings. The molecule has 0 radical (unpaired) electrons. The smallest absolute Gasteiger partial charge is 0.229 e. The molecule has 0 amide bonds. The van der Waals surface area contributed by atoms with E-state index < -0.39 is 11.6 Å². The third-order valence-corrected chi connectivity index (χ3v) is 8.74. The summed E-state index contributed by atoms with van der Waals surface area (Å²) in [5.41, 5.74) is 8.54. The number of anilines is 3. The van der Waals surface area contributed by atoms with Gasteiger partial charge in [0.15, 0.2) is 11.5 Å². The van der Waals surface area contributed by atoms with Crippen LogP contribution < -0.4 is 16.0 Å². The van der Waals surface area contributed by atoms with E-state index in [-0.39, 0.29) is 17.5 Å². The number of pyridine rings is 1. The molecule has 3 N–H and O–H groups in total. The second-order valence-corrected chi connectivity index (χ2v) is 12.1. The average molecular weight is 590 g/mol. The molecular weight excluding hydrogens is 548 g/mol. The molecule has 9 nitrogen and oxygen atoms in total. The van der Waals surface area contributed by atoms with Crippen molar-refractivity contribution >= 4 is 23.2 Å². The first kappa shape index (κ1) is 29.2. The normalized spacial score (nSPS) is 18.6. The van der Waals surface area contributed by atoms with Gasteiger partial charge in [-0.1, -0.05) is 19.4 Å². The van der Waals surface area contributed by atoms with Crippen LogP contribution in [0.4, 0.5) is 26.4 Å². The van der Waals surface area contributed by atoms with Gasteiger partial charge in [0.1, 0.15) is 23.3 Å². The van der Waals surface area contributed by atoms with Gasteiger partial charge in [-0.05, 0) is 82.8 Å². The maximum absolute atomic E-state index is 15.0. The van der Waals surface area contributed by atoms with Gasteiger partial charge in [-0.2, -0.15) is 4.52 Å². The van der Waals surface area contributed by atoms with Gasteiger partial charge in [0.2, 0.25) is 5.95 Å². The van der Waals surface area contributed by atoms with E-state index in [4.69, 9.17) is 20.8 Å². The van der Waals surface area contributed by atoms with Gasteiger partial charge in [-0.3, -0.25) is 0 Å². The summed E-state index contributed by atoms with van der Waals surface area (Å²) in [5.74, 6) is 1.68. The molecule has 11 heteroatoms. The van der Waals surface area contributed by atoms with Gasteiger partial charge >= 0.3 is 0 Å². The number of aromatic nitrogens is 5. The summed E-state index contributed by atoms with van der Waals surface area (Å²) in [4.78, 5) is 19.1. The molecule has 1 unspecified atom stereocenters. The number of hydrogen-bond donors (Lipinski definition) is 2. The Morgan fingerprint density at radius 3 is 2.53 bits per heavy atom. The number of rotatable bonds is 8. The second-order valence-electron chi connectivity index (χ2n) is 12.1. The molecule has 3 aromatic heterocycles. The summed E-state index contributed by atoms with van der Waals surface area (Å²) in [7, 11) is 0. The first-order valence-corrected chi connectivity index (χ1v) is 15.5. The maximum Gasteiger partial charge on any atom is 0.229 e. The van der Waals surface area contributed by atoms with Crippen molar-refractivity contribution in [2.75, 3.05) is 42.1 Å². The lowest BCUT2D eigenvalue weighted by molar-refractivity contribution is 0.169. The predicted octanol–water partition coefficient (Wildman–Crippen LogP) is 5.67. The van der Waals surface area contributed by atoms with Gasteiger partial charge < -0.3 is 20.9 Å². The molecule has 6 rings (SSSR count). The first-order valence-electron chi connectivity index (χ1n) is 15.5. The number of nitrogens with two attached hydrogens (primary N) is 1. The number of nitrogens with zero attached hydrogens (tertiary/aromatic N) is 7. The number of piperidine rings is 2. The number of halogens is 2. The minimum Gasteiger partial charge on any atom is -0.383 e. The van der Waals surface area contributed by atoms with E-state index >= 15 is 0 Å². The van der Waals surface area contributed by atoms with Crippen LogP contribution in [0.1, 0.15) is 70.2 Å². The molecule has 0 spiro atoms. The van der Waals surface area contributed by atoms with Crippen LogP contribution >= 0.6 is 0 Å². The fourth-order valence-electron chi connectivity index (χ4n) is 6.33. The number of nitrogens with one attached hydrogen (secondary N) is 1. The van der Waals surface area contributed by atoms with Gasteiger partial charge in [-0.15, -0.1) is 5.10 Å². The third-order valence-electron chi connectivity index (χ3n) is 8.74. The highest BCUT2D eigenvalue weighted by atomic mass is 19.1. The average Bonchev–Trinajstić information content (AvgIpc) is 3.43. The molecule has 1 aromatic carbocycles. The quantitative estimate of drug-likeness (QED) is 0.271. The SMILES string of the molecule is CCCc1ccc(NC2CCCN(c3nc(-c4ccc(F)cc4F)cc4nc(C5CCN(C(C)C)CC5)nn34)C2)nc1N. The third kappa shape index (κ3) is 6.27. The van der Waals surface area contributed by atoms with E-state index in [1.807, 2.05) is 12.1 Å². The van der Waals surface area contributed by atoms with Crippen LogP contribution in [0, 0.1) is 11.6 Å². The Kier molecular flexibility index (Phi) is 8.43. The zero-order valence-corrected chi connectivity index (χ0v) is 25.2. The highest BCUT2D eigenvalue weighted by molar-refractivity contribution is 5.67. The van der Waals surface area contributed by atoms with Crippen molar-refractivity contribution in [1.82, 2.24) is 29.5 Å². The maximum atomic E-state index is 15.0. The van der Waals surface area contributed by atoms with Gasteiger partial charge in [-0.25, -0.2) is 23.7 Å². The minimum atomic E-state index is -0.656. The van der Waals surface area contributed by atoms with Crippen molar-refractivity contribution in [1.29, 1.82) is 0 Å². The number of aryl methyl sites for hydroxylation is 1. The lowest BCUT2D eigenvalue weighted by Gasteiger charge is -2.34. The molecule has 0 bridgehead atoms. The van der Waals surface area contributed by atoms with Crippen LogP contribution in [-0.2, 0) is 6.42 Å². The minimum absolute atomic E-state index is 0.101. The Morgan fingerprint density at radius 2 is 1.81 bits per heavy atom. The van der Waals surface area contributed by atoms with E-state index in [9.17, 15) is 8.78 Å². The molecule has 1 atom stereocenters. The fourth-order valence-corrected chi connectivity index (χ4v) is 6.33. The molecule has 2 aliphatic heterocycles. The number of fused-ring (bicyclic) bond motifs is 1. The van der Waals surface area contributed by atoms with Crippen LogP contribution in [0.3, 0.4) is 0 Å². The first-order chi connectivity index (χ1) is 20.8. The Morgan fingerprint density at radius 1 is 1.00 bits per heavy atom. The van der Waals surface area contributed by atoms with Crippen molar-refractivity contribution in [3.05, 3.63) is 59.4 Å². The molecule has 0 aliphatic carbocycles. The summed E-state index contributed by atoms with van der Waals surface area (Å²) in [6, 6.07) is 9.99.